The lowest BCUT2D eigenvalue weighted by molar-refractivity contribution is -0.384. The molecular weight excluding hydrogens is 494 g/mol. The number of methoxy groups -OCH3 is 2. The average Bonchev–Trinajstić information content (AvgIpc) is 3.32. The Labute approximate surface area is 217 Å². The number of carbonyl (C=O) groups is 3. The van der Waals surface area contributed by atoms with Gasteiger partial charge in [-0.3, -0.25) is 19.7 Å². The van der Waals surface area contributed by atoms with Crippen LogP contribution < -0.4 is 20.1 Å². The van der Waals surface area contributed by atoms with Crippen molar-refractivity contribution in [2.75, 3.05) is 26.1 Å². The predicted octanol–water partition coefficient (Wildman–Crippen LogP) is 3.55. The number of nitrogens with zero attached hydrogens (tertiary/aromatic N) is 3. The number of hydrogen-bond donors (Lipinski definition) is 2. The first-order valence-electron chi connectivity index (χ1n) is 11.4. The third-order valence-corrected chi connectivity index (χ3v) is 6.03. The van der Waals surface area contributed by atoms with Crippen molar-refractivity contribution < 1.29 is 28.8 Å². The number of ether oxygens (including phenoxy) is 2. The quantitative estimate of drug-likeness (QED) is 0.200. The van der Waals surface area contributed by atoms with E-state index in [2.05, 4.69) is 10.6 Å². The van der Waals surface area contributed by atoms with Gasteiger partial charge >= 0.3 is 6.03 Å². The molecule has 2 N–H and O–H groups in total. The van der Waals surface area contributed by atoms with Crippen LogP contribution >= 0.6 is 0 Å². The molecule has 1 aromatic heterocycles. The van der Waals surface area contributed by atoms with Crippen molar-refractivity contribution in [2.45, 2.75) is 13.8 Å². The SMILES string of the molecule is COc1ccccc1NC(=O)CN1C(=O)N/C(=C/c2cc(C)n(-c3cc([N+](=O)[O-])ccc3OC)c2C)C1=O. The molecule has 1 aliphatic heterocycles. The summed E-state index contributed by atoms with van der Waals surface area (Å²) in [6, 6.07) is 12.1. The van der Waals surface area contributed by atoms with E-state index in [1.807, 2.05) is 0 Å². The Kier molecular flexibility index (Phi) is 7.15. The largest absolute Gasteiger partial charge is 0.495 e. The summed E-state index contributed by atoms with van der Waals surface area (Å²) < 4.78 is 12.4. The van der Waals surface area contributed by atoms with Crippen LogP contribution in [0, 0.1) is 24.0 Å². The molecule has 0 bridgehead atoms. The normalized spacial score (nSPS) is 14.0. The maximum Gasteiger partial charge on any atom is 0.329 e. The van der Waals surface area contributed by atoms with Gasteiger partial charge in [0.2, 0.25) is 5.91 Å². The van der Waals surface area contributed by atoms with Gasteiger partial charge < -0.3 is 24.7 Å². The number of nitrogens with one attached hydrogen (secondary N) is 2. The van der Waals surface area contributed by atoms with Gasteiger partial charge in [-0.05, 0) is 49.8 Å². The molecule has 3 aromatic rings. The van der Waals surface area contributed by atoms with Gasteiger partial charge in [0.05, 0.1) is 30.5 Å². The first-order valence-corrected chi connectivity index (χ1v) is 11.4. The molecule has 4 rings (SSSR count). The number of aromatic nitrogens is 1. The number of para-hydroxylation sites is 2. The van der Waals surface area contributed by atoms with Crippen molar-refractivity contribution in [3.8, 4) is 17.2 Å². The van der Waals surface area contributed by atoms with Crippen molar-refractivity contribution in [3.63, 3.8) is 0 Å². The minimum atomic E-state index is -0.731. The maximum atomic E-state index is 13.0. The summed E-state index contributed by atoms with van der Waals surface area (Å²) in [5.41, 5.74) is 2.73. The van der Waals surface area contributed by atoms with Gasteiger partial charge in [-0.2, -0.15) is 0 Å². The molecule has 1 aliphatic rings. The van der Waals surface area contributed by atoms with E-state index in [0.29, 0.717) is 34.1 Å². The molecule has 0 saturated carbocycles. The summed E-state index contributed by atoms with van der Waals surface area (Å²) in [5.74, 6) is -0.374. The molecule has 1 saturated heterocycles. The van der Waals surface area contributed by atoms with E-state index in [-0.39, 0.29) is 11.4 Å². The lowest BCUT2D eigenvalue weighted by Crippen LogP contribution is -2.38. The molecule has 0 atom stereocenters. The fourth-order valence-electron chi connectivity index (χ4n) is 4.22. The van der Waals surface area contributed by atoms with Crippen LogP contribution in [-0.4, -0.2) is 53.0 Å². The van der Waals surface area contributed by atoms with E-state index in [0.717, 1.165) is 10.6 Å². The van der Waals surface area contributed by atoms with Crippen LogP contribution in [0.3, 0.4) is 0 Å². The molecule has 0 aliphatic carbocycles. The number of hydrogen-bond acceptors (Lipinski definition) is 7. The second kappa shape index (κ2) is 10.5. The third kappa shape index (κ3) is 4.91. The van der Waals surface area contributed by atoms with E-state index in [1.165, 1.54) is 38.5 Å². The second-order valence-electron chi connectivity index (χ2n) is 8.40. The van der Waals surface area contributed by atoms with Crippen LogP contribution in [0.25, 0.3) is 11.8 Å². The fraction of sp³-hybridized carbons (Fsp3) is 0.192. The monoisotopic (exact) mass is 519 g/mol. The van der Waals surface area contributed by atoms with Crippen LogP contribution in [0.15, 0.2) is 54.2 Å². The van der Waals surface area contributed by atoms with Gasteiger partial charge in [0.1, 0.15) is 23.7 Å². The highest BCUT2D eigenvalue weighted by molar-refractivity contribution is 6.16. The van der Waals surface area contributed by atoms with Gasteiger partial charge in [-0.15, -0.1) is 0 Å². The molecule has 1 fully saturated rings. The van der Waals surface area contributed by atoms with E-state index in [4.69, 9.17) is 9.47 Å². The number of urea groups is 1. The first kappa shape index (κ1) is 25.9. The lowest BCUT2D eigenvalue weighted by atomic mass is 10.2. The van der Waals surface area contributed by atoms with E-state index in [1.54, 1.807) is 48.7 Å². The lowest BCUT2D eigenvalue weighted by Gasteiger charge is -2.14. The molecule has 0 unspecified atom stereocenters. The zero-order valence-electron chi connectivity index (χ0n) is 21.1. The van der Waals surface area contributed by atoms with Gasteiger partial charge in [0, 0.05) is 23.5 Å². The highest BCUT2D eigenvalue weighted by atomic mass is 16.6. The number of rotatable bonds is 8. The smallest absolute Gasteiger partial charge is 0.329 e. The number of nitro benzene ring substituents is 1. The van der Waals surface area contributed by atoms with Gasteiger partial charge in [0.25, 0.3) is 11.6 Å². The van der Waals surface area contributed by atoms with E-state index in [9.17, 15) is 24.5 Å². The Bertz CT molecular complexity index is 1490. The van der Waals surface area contributed by atoms with E-state index >= 15 is 0 Å². The van der Waals surface area contributed by atoms with Crippen molar-refractivity contribution in [3.05, 3.63) is 81.3 Å². The molecule has 12 heteroatoms. The predicted molar refractivity (Wildman–Crippen MR) is 138 cm³/mol. The summed E-state index contributed by atoms with van der Waals surface area (Å²) >= 11 is 0. The number of non-ortho nitro benzene ring substituents is 1. The van der Waals surface area contributed by atoms with Crippen LogP contribution in [-0.2, 0) is 9.59 Å². The Morgan fingerprint density at radius 2 is 1.79 bits per heavy atom. The third-order valence-electron chi connectivity index (χ3n) is 6.03. The molecule has 38 heavy (non-hydrogen) atoms. The van der Waals surface area contributed by atoms with Crippen molar-refractivity contribution >= 4 is 35.3 Å². The molecule has 2 heterocycles. The highest BCUT2D eigenvalue weighted by Gasteiger charge is 2.35. The Morgan fingerprint density at radius 1 is 1.08 bits per heavy atom. The summed E-state index contributed by atoms with van der Waals surface area (Å²) in [4.78, 5) is 49.7. The summed E-state index contributed by atoms with van der Waals surface area (Å²) in [6.07, 6.45) is 1.50. The van der Waals surface area contributed by atoms with Crippen molar-refractivity contribution in [2.24, 2.45) is 0 Å². The maximum absolute atomic E-state index is 13.0. The Morgan fingerprint density at radius 3 is 2.47 bits per heavy atom. The first-order chi connectivity index (χ1) is 18.1. The van der Waals surface area contributed by atoms with Crippen LogP contribution in [0.1, 0.15) is 17.0 Å². The second-order valence-corrected chi connectivity index (χ2v) is 8.40. The number of benzene rings is 2. The number of anilines is 1. The van der Waals surface area contributed by atoms with Crippen LogP contribution in [0.2, 0.25) is 0 Å². The van der Waals surface area contributed by atoms with Gasteiger partial charge in [-0.25, -0.2) is 9.69 Å². The highest BCUT2D eigenvalue weighted by Crippen LogP contribution is 2.32. The molecular formula is C26H25N5O7. The van der Waals surface area contributed by atoms with Crippen LogP contribution in [0.4, 0.5) is 16.2 Å². The molecule has 2 aromatic carbocycles. The number of aryl methyl sites for hydroxylation is 1. The minimum absolute atomic E-state index is 0.00801. The topological polar surface area (TPSA) is 145 Å². The standard InChI is InChI=1S/C26H25N5O7/c1-15-11-17(16(2)30(15)21-13-18(31(35)36)9-10-23(21)38-4)12-20-25(33)29(26(34)28-20)14-24(32)27-19-7-5-6-8-22(19)37-3/h5-13H,14H2,1-4H3,(H,27,32)(H,28,34)/b20-12+. The molecule has 12 nitrogen and oxygen atoms in total. The number of carbonyl (C=O) groups excluding carboxylic acids is 3. The zero-order chi connectivity index (χ0) is 27.6. The molecule has 196 valence electrons. The minimum Gasteiger partial charge on any atom is -0.495 e. The molecule has 0 radical (unpaired) electrons. The Hall–Kier alpha value is -5.13. The van der Waals surface area contributed by atoms with Crippen molar-refractivity contribution in [1.82, 2.24) is 14.8 Å². The molecule has 0 spiro atoms. The van der Waals surface area contributed by atoms with Crippen molar-refractivity contribution in [1.29, 1.82) is 0 Å². The van der Waals surface area contributed by atoms with Gasteiger partial charge in [0.15, 0.2) is 0 Å². The Balaban J connectivity index is 1.59. The van der Waals surface area contributed by atoms with Gasteiger partial charge in [-0.1, -0.05) is 12.1 Å². The summed E-state index contributed by atoms with van der Waals surface area (Å²) in [5, 5.41) is 16.5. The zero-order valence-corrected chi connectivity index (χ0v) is 21.1. The number of nitro groups is 1. The average molecular weight is 520 g/mol. The van der Waals surface area contributed by atoms with E-state index < -0.39 is 29.3 Å². The molecule has 4 amide bonds. The summed E-state index contributed by atoms with van der Waals surface area (Å²) in [7, 11) is 2.93. The fourth-order valence-corrected chi connectivity index (χ4v) is 4.22. The van der Waals surface area contributed by atoms with Crippen LogP contribution in [0.5, 0.6) is 11.5 Å². The number of amides is 4. The summed E-state index contributed by atoms with van der Waals surface area (Å²) in [6.45, 7) is 3.08. The number of imide groups is 1.